The van der Waals surface area contributed by atoms with E-state index in [0.717, 1.165) is 87.4 Å². The van der Waals surface area contributed by atoms with Crippen LogP contribution in [0.3, 0.4) is 0 Å². The number of carbonyl (C=O) groups excluding carboxylic acids is 2. The maximum Gasteiger partial charge on any atom is 0.367 e. The predicted molar refractivity (Wildman–Crippen MR) is 196 cm³/mol. The minimum absolute atomic E-state index is 0.0144. The van der Waals surface area contributed by atoms with E-state index in [1.807, 2.05) is 31.2 Å². The number of piperazine rings is 1. The number of carboxylic acid groups (broad SMARTS) is 1. The van der Waals surface area contributed by atoms with E-state index in [9.17, 15) is 19.5 Å². The summed E-state index contributed by atoms with van der Waals surface area (Å²) in [4.78, 5) is 44.3. The highest BCUT2D eigenvalue weighted by Gasteiger charge is 2.38. The van der Waals surface area contributed by atoms with Crippen LogP contribution in [0.25, 0.3) is 0 Å². The van der Waals surface area contributed by atoms with Crippen molar-refractivity contribution in [3.05, 3.63) is 52.0 Å². The van der Waals surface area contributed by atoms with Crippen LogP contribution in [0.1, 0.15) is 91.0 Å². The van der Waals surface area contributed by atoms with Gasteiger partial charge in [-0.05, 0) is 73.7 Å². The van der Waals surface area contributed by atoms with Crippen LogP contribution in [-0.2, 0) is 25.5 Å². The van der Waals surface area contributed by atoms with Gasteiger partial charge in [0, 0.05) is 45.1 Å². The van der Waals surface area contributed by atoms with Crippen molar-refractivity contribution in [3.63, 3.8) is 0 Å². The van der Waals surface area contributed by atoms with Gasteiger partial charge in [-0.25, -0.2) is 4.79 Å². The molecule has 11 heteroatoms. The molecule has 0 saturated carbocycles. The SMILES string of the molecule is CCCCCC(C)(C)CC(C)CC(=O)OC(C(=O)O)N1C(=O)CCc2ccc(OCCCCN3CCN(c4cccc(Cl)c4Cl)CC3)cc21. The summed E-state index contributed by atoms with van der Waals surface area (Å²) in [5.41, 5.74) is 2.27. The van der Waals surface area contributed by atoms with Crippen LogP contribution >= 0.6 is 23.2 Å². The lowest BCUT2D eigenvalue weighted by atomic mass is 9.78. The van der Waals surface area contributed by atoms with E-state index in [-0.39, 0.29) is 24.2 Å². The lowest BCUT2D eigenvalue weighted by Crippen LogP contribution is -2.50. The van der Waals surface area contributed by atoms with Gasteiger partial charge in [0.05, 0.1) is 28.0 Å². The molecule has 2 aliphatic heterocycles. The number of carboxylic acids is 1. The number of nitrogens with zero attached hydrogens (tertiary/aromatic N) is 3. The quantitative estimate of drug-likeness (QED) is 0.122. The number of fused-ring (bicyclic) bond motifs is 1. The number of rotatable bonds is 18. The van der Waals surface area contributed by atoms with Crippen molar-refractivity contribution >= 4 is 52.4 Å². The zero-order valence-electron chi connectivity index (χ0n) is 29.5. The highest BCUT2D eigenvalue weighted by Crippen LogP contribution is 2.36. The number of hydrogen-bond donors (Lipinski definition) is 1. The fourth-order valence-corrected chi connectivity index (χ4v) is 7.46. The second-order valence-electron chi connectivity index (χ2n) is 14.3. The molecule has 0 spiro atoms. The summed E-state index contributed by atoms with van der Waals surface area (Å²) in [6.07, 6.45) is 6.13. The molecule has 0 radical (unpaired) electrons. The summed E-state index contributed by atoms with van der Waals surface area (Å²) in [5, 5.41) is 11.3. The summed E-state index contributed by atoms with van der Waals surface area (Å²) in [5.74, 6) is -1.84. The largest absolute Gasteiger partial charge is 0.494 e. The molecular weight excluding hydrogens is 665 g/mol. The predicted octanol–water partition coefficient (Wildman–Crippen LogP) is 8.23. The Balaban J connectivity index is 1.27. The summed E-state index contributed by atoms with van der Waals surface area (Å²) in [7, 11) is 0. The lowest BCUT2D eigenvalue weighted by molar-refractivity contribution is -0.165. The third-order valence-electron chi connectivity index (χ3n) is 9.54. The number of esters is 1. The number of amides is 1. The van der Waals surface area contributed by atoms with Gasteiger partial charge in [-0.1, -0.05) is 82.3 Å². The number of aliphatic carboxylic acids is 1. The first-order valence-corrected chi connectivity index (χ1v) is 18.6. The van der Waals surface area contributed by atoms with Gasteiger partial charge >= 0.3 is 11.9 Å². The monoisotopic (exact) mass is 717 g/mol. The van der Waals surface area contributed by atoms with E-state index < -0.39 is 24.1 Å². The van der Waals surface area contributed by atoms with Gasteiger partial charge in [-0.15, -0.1) is 0 Å². The molecule has 0 bridgehead atoms. The Bertz CT molecular complexity index is 1430. The summed E-state index contributed by atoms with van der Waals surface area (Å²) in [6.45, 7) is 13.6. The van der Waals surface area contributed by atoms with Gasteiger partial charge in [0.2, 0.25) is 5.91 Å². The molecule has 1 fully saturated rings. The maximum atomic E-state index is 13.1. The highest BCUT2D eigenvalue weighted by molar-refractivity contribution is 6.43. The number of halogens is 2. The highest BCUT2D eigenvalue weighted by atomic mass is 35.5. The molecule has 0 aromatic heterocycles. The second-order valence-corrected chi connectivity index (χ2v) is 15.1. The Morgan fingerprint density at radius 3 is 2.45 bits per heavy atom. The van der Waals surface area contributed by atoms with Gasteiger partial charge in [0.1, 0.15) is 5.75 Å². The Morgan fingerprint density at radius 2 is 1.73 bits per heavy atom. The summed E-state index contributed by atoms with van der Waals surface area (Å²) >= 11 is 12.6. The van der Waals surface area contributed by atoms with E-state index in [2.05, 4.69) is 30.6 Å². The van der Waals surface area contributed by atoms with Crippen LogP contribution in [0.2, 0.25) is 10.0 Å². The van der Waals surface area contributed by atoms with Gasteiger partial charge in [-0.2, -0.15) is 0 Å². The van der Waals surface area contributed by atoms with Gasteiger partial charge in [-0.3, -0.25) is 19.4 Å². The van der Waals surface area contributed by atoms with Crippen LogP contribution in [0.15, 0.2) is 36.4 Å². The molecule has 4 rings (SSSR count). The van der Waals surface area contributed by atoms with Crippen molar-refractivity contribution in [2.45, 2.75) is 98.1 Å². The molecular formula is C38H53Cl2N3O6. The molecule has 1 amide bonds. The van der Waals surface area contributed by atoms with Crippen LogP contribution in [-0.4, -0.2) is 73.4 Å². The average Bonchev–Trinajstić information content (AvgIpc) is 3.05. The molecule has 0 aliphatic carbocycles. The van der Waals surface area contributed by atoms with Crippen LogP contribution < -0.4 is 14.5 Å². The number of anilines is 2. The number of benzene rings is 2. The number of ether oxygens (including phenoxy) is 2. The standard InChI is InChI=1S/C38H53Cl2N3O6/c1-5-6-7-17-38(3,4)26-27(2)24-34(45)49-36(37(46)47)43-32-25-29(15-13-28(32)14-16-33(43)44)48-23-9-8-18-41-19-21-42(22-20-41)31-12-10-11-30(39)35(31)40/h10-13,15,25,27,36H,5-9,14,16-24,26H2,1-4H3,(H,46,47). The van der Waals surface area contributed by atoms with Crippen molar-refractivity contribution in [2.75, 3.05) is 49.1 Å². The fraction of sp³-hybridized carbons (Fsp3) is 0.605. The third-order valence-corrected chi connectivity index (χ3v) is 10.3. The minimum atomic E-state index is -1.74. The van der Waals surface area contributed by atoms with Gasteiger partial charge in [0.25, 0.3) is 6.23 Å². The summed E-state index contributed by atoms with van der Waals surface area (Å²) < 4.78 is 11.6. The topological polar surface area (TPSA) is 99.6 Å². The van der Waals surface area contributed by atoms with E-state index in [1.54, 1.807) is 12.1 Å². The number of carbonyl (C=O) groups is 3. The zero-order chi connectivity index (χ0) is 35.6. The molecule has 2 aromatic rings. The number of hydrogen-bond acceptors (Lipinski definition) is 7. The molecule has 2 aliphatic rings. The number of aryl methyl sites for hydroxylation is 1. The van der Waals surface area contributed by atoms with Crippen molar-refractivity contribution in [1.82, 2.24) is 4.90 Å². The van der Waals surface area contributed by atoms with E-state index in [1.165, 1.54) is 6.42 Å². The van der Waals surface area contributed by atoms with Crippen LogP contribution in [0.5, 0.6) is 5.75 Å². The van der Waals surface area contributed by atoms with Crippen LogP contribution in [0, 0.1) is 11.3 Å². The van der Waals surface area contributed by atoms with Crippen molar-refractivity contribution in [2.24, 2.45) is 11.3 Å². The van der Waals surface area contributed by atoms with E-state index in [4.69, 9.17) is 32.7 Å². The first kappa shape index (κ1) is 38.8. The molecule has 49 heavy (non-hydrogen) atoms. The molecule has 2 aromatic carbocycles. The molecule has 2 heterocycles. The van der Waals surface area contributed by atoms with E-state index >= 15 is 0 Å². The minimum Gasteiger partial charge on any atom is -0.494 e. The normalized spacial score (nSPS) is 16.7. The smallest absolute Gasteiger partial charge is 0.367 e. The molecule has 2 unspecified atom stereocenters. The fourth-order valence-electron chi connectivity index (χ4n) is 7.04. The maximum absolute atomic E-state index is 13.1. The Kier molecular flexibility index (Phi) is 14.5. The molecule has 270 valence electrons. The molecule has 2 atom stereocenters. The summed E-state index contributed by atoms with van der Waals surface area (Å²) in [6, 6.07) is 11.1. The van der Waals surface area contributed by atoms with Crippen molar-refractivity contribution in [1.29, 1.82) is 0 Å². The lowest BCUT2D eigenvalue weighted by Gasteiger charge is -2.36. The average molecular weight is 719 g/mol. The zero-order valence-corrected chi connectivity index (χ0v) is 31.0. The Labute approximate surface area is 301 Å². The first-order valence-electron chi connectivity index (χ1n) is 17.8. The van der Waals surface area contributed by atoms with Gasteiger partial charge in [0.15, 0.2) is 0 Å². The van der Waals surface area contributed by atoms with Crippen molar-refractivity contribution < 1.29 is 29.0 Å². The molecule has 1 N–H and O–H groups in total. The van der Waals surface area contributed by atoms with E-state index in [0.29, 0.717) is 34.5 Å². The third kappa shape index (κ3) is 11.2. The first-order chi connectivity index (χ1) is 23.4. The number of unbranched alkanes of at least 4 members (excludes halogenated alkanes) is 3. The van der Waals surface area contributed by atoms with Crippen LogP contribution in [0.4, 0.5) is 11.4 Å². The van der Waals surface area contributed by atoms with Gasteiger partial charge < -0.3 is 19.5 Å². The van der Waals surface area contributed by atoms with Crippen molar-refractivity contribution in [3.8, 4) is 5.75 Å². The second kappa shape index (κ2) is 18.3. The molecule has 1 saturated heterocycles. The molecule has 9 nitrogen and oxygen atoms in total. The Hall–Kier alpha value is -3.01. The Morgan fingerprint density at radius 1 is 0.980 bits per heavy atom.